The fourth-order valence-corrected chi connectivity index (χ4v) is 8.07. The van der Waals surface area contributed by atoms with E-state index in [1.165, 1.54) is 12.1 Å². The van der Waals surface area contributed by atoms with Crippen molar-refractivity contribution in [2.24, 2.45) is 5.41 Å². The molecule has 2 aromatic carbocycles. The molecule has 5 heterocycles. The first-order valence-corrected chi connectivity index (χ1v) is 16.7. The predicted octanol–water partition coefficient (Wildman–Crippen LogP) is 5.98. The number of ether oxygens (including phenoxy) is 1. The number of aromatic hydroxyl groups is 1. The van der Waals surface area contributed by atoms with Gasteiger partial charge in [0.05, 0.1) is 10.9 Å². The molecule has 9 nitrogen and oxygen atoms in total. The highest BCUT2D eigenvalue weighted by atomic mass is 19.1. The number of aromatic nitrogens is 3. The van der Waals surface area contributed by atoms with Crippen LogP contribution in [0.25, 0.3) is 32.9 Å². The van der Waals surface area contributed by atoms with Crippen LogP contribution in [-0.4, -0.2) is 75.2 Å². The van der Waals surface area contributed by atoms with E-state index in [-0.39, 0.29) is 45.9 Å². The molecule has 48 heavy (non-hydrogen) atoms. The van der Waals surface area contributed by atoms with Gasteiger partial charge >= 0.3 is 6.01 Å². The quantitative estimate of drug-likeness (QED) is 0.187. The van der Waals surface area contributed by atoms with E-state index in [2.05, 4.69) is 51.4 Å². The number of nitrogens with zero attached hydrogens (tertiary/aromatic N) is 5. The second-order valence-electron chi connectivity index (χ2n) is 14.2. The Morgan fingerprint density at radius 1 is 1.21 bits per heavy atom. The normalized spacial score (nSPS) is 20.3. The molecule has 1 amide bonds. The molecule has 3 saturated heterocycles. The minimum absolute atomic E-state index is 0.0196. The maximum Gasteiger partial charge on any atom is 0.319 e. The highest BCUT2D eigenvalue weighted by Gasteiger charge is 2.45. The molecule has 2 aromatic heterocycles. The maximum atomic E-state index is 17.0. The van der Waals surface area contributed by atoms with Crippen molar-refractivity contribution < 1.29 is 19.0 Å². The Hall–Kier alpha value is -4.75. The molecule has 7 rings (SSSR count). The number of amides is 1. The van der Waals surface area contributed by atoms with Gasteiger partial charge in [0.1, 0.15) is 29.4 Å². The maximum absolute atomic E-state index is 17.0. The van der Waals surface area contributed by atoms with Crippen molar-refractivity contribution in [1.82, 2.24) is 25.2 Å². The number of carbonyl (C=O) groups excluding carboxylic acids is 1. The Labute approximate surface area is 280 Å². The van der Waals surface area contributed by atoms with Gasteiger partial charge in [-0.25, -0.2) is 4.39 Å². The largest absolute Gasteiger partial charge is 0.508 e. The van der Waals surface area contributed by atoms with Gasteiger partial charge < -0.3 is 20.1 Å². The lowest BCUT2D eigenvalue weighted by molar-refractivity contribution is -0.117. The number of pyridine rings is 1. The third kappa shape index (κ3) is 5.81. The molecule has 3 aliphatic heterocycles. The van der Waals surface area contributed by atoms with Crippen molar-refractivity contribution in [3.63, 3.8) is 0 Å². The Morgan fingerprint density at radius 2 is 2.00 bits per heavy atom. The summed E-state index contributed by atoms with van der Waals surface area (Å²) < 4.78 is 23.4. The number of phenolic OH excluding ortho intramolecular Hbond substituents is 1. The van der Waals surface area contributed by atoms with Crippen LogP contribution in [0.4, 0.5) is 10.2 Å². The summed E-state index contributed by atoms with van der Waals surface area (Å²) in [5.74, 6) is 2.26. The van der Waals surface area contributed by atoms with Crippen molar-refractivity contribution in [1.29, 1.82) is 0 Å². The summed E-state index contributed by atoms with van der Waals surface area (Å²) in [5, 5.41) is 15.4. The molecule has 1 atom stereocenters. The van der Waals surface area contributed by atoms with Gasteiger partial charge in [0.15, 0.2) is 5.82 Å². The van der Waals surface area contributed by atoms with E-state index in [1.54, 1.807) is 24.4 Å². The van der Waals surface area contributed by atoms with E-state index in [4.69, 9.17) is 16.1 Å². The zero-order valence-electron chi connectivity index (χ0n) is 27.6. The van der Waals surface area contributed by atoms with Gasteiger partial charge in [-0.1, -0.05) is 38.5 Å². The number of anilines is 1. The van der Waals surface area contributed by atoms with Gasteiger partial charge in [-0.3, -0.25) is 14.7 Å². The SMILES string of the molecule is C#Cc1cccc2cc(O)cc(-c3ncc4c(N5CCC(C)(C)C[C@H](NC(=O)C=C)C5)nc(OCC56CCCN5CCC6)nc4c3F)c12. The first-order chi connectivity index (χ1) is 23.1. The summed E-state index contributed by atoms with van der Waals surface area (Å²) in [4.78, 5) is 31.2. The molecule has 0 aliphatic carbocycles. The fourth-order valence-electron chi connectivity index (χ4n) is 8.07. The number of hydrogen-bond donors (Lipinski definition) is 2. The lowest BCUT2D eigenvalue weighted by Gasteiger charge is -2.31. The lowest BCUT2D eigenvalue weighted by Crippen LogP contribution is -2.44. The Kier molecular flexibility index (Phi) is 8.20. The molecular formula is C38H41FN6O3. The minimum atomic E-state index is -0.659. The van der Waals surface area contributed by atoms with Crippen LogP contribution in [0.1, 0.15) is 57.9 Å². The zero-order chi connectivity index (χ0) is 33.6. The molecule has 0 unspecified atom stereocenters. The zero-order valence-corrected chi connectivity index (χ0v) is 27.6. The van der Waals surface area contributed by atoms with Crippen LogP contribution in [-0.2, 0) is 4.79 Å². The summed E-state index contributed by atoms with van der Waals surface area (Å²) in [6.07, 6.45) is 14.6. The van der Waals surface area contributed by atoms with Gasteiger partial charge in [0, 0.05) is 41.8 Å². The van der Waals surface area contributed by atoms with E-state index >= 15 is 4.39 Å². The number of fused-ring (bicyclic) bond motifs is 3. The van der Waals surface area contributed by atoms with Crippen molar-refractivity contribution >= 4 is 33.4 Å². The van der Waals surface area contributed by atoms with Gasteiger partial charge in [-0.2, -0.15) is 9.97 Å². The third-order valence-corrected chi connectivity index (χ3v) is 10.4. The summed E-state index contributed by atoms with van der Waals surface area (Å²) in [6.45, 7) is 11.6. The van der Waals surface area contributed by atoms with Crippen LogP contribution in [0.3, 0.4) is 0 Å². The summed E-state index contributed by atoms with van der Waals surface area (Å²) >= 11 is 0. The number of halogens is 1. The number of benzene rings is 2. The molecule has 3 fully saturated rings. The number of nitrogens with one attached hydrogen (secondary N) is 1. The fraction of sp³-hybridized carbons (Fsp3) is 0.421. The van der Waals surface area contributed by atoms with Crippen molar-refractivity contribution in [2.75, 3.05) is 37.7 Å². The molecule has 0 bridgehead atoms. The van der Waals surface area contributed by atoms with Crippen LogP contribution in [0, 0.1) is 23.6 Å². The molecule has 0 spiro atoms. The van der Waals surface area contributed by atoms with E-state index in [9.17, 15) is 9.90 Å². The second-order valence-corrected chi connectivity index (χ2v) is 14.2. The van der Waals surface area contributed by atoms with Crippen molar-refractivity contribution in [3.8, 4) is 35.4 Å². The summed E-state index contributed by atoms with van der Waals surface area (Å²) in [5.41, 5.74) is 0.900. The van der Waals surface area contributed by atoms with Crippen LogP contribution in [0.2, 0.25) is 0 Å². The average Bonchev–Trinajstić information content (AvgIpc) is 3.61. The summed E-state index contributed by atoms with van der Waals surface area (Å²) in [6, 6.07) is 8.40. The monoisotopic (exact) mass is 648 g/mol. The van der Waals surface area contributed by atoms with Gasteiger partial charge in [0.25, 0.3) is 0 Å². The van der Waals surface area contributed by atoms with Crippen LogP contribution >= 0.6 is 0 Å². The van der Waals surface area contributed by atoms with Crippen LogP contribution in [0.15, 0.2) is 49.2 Å². The van der Waals surface area contributed by atoms with E-state index in [0.717, 1.165) is 51.6 Å². The van der Waals surface area contributed by atoms with Gasteiger partial charge in [-0.15, -0.1) is 6.42 Å². The lowest BCUT2D eigenvalue weighted by atomic mass is 9.84. The first-order valence-electron chi connectivity index (χ1n) is 16.7. The smallest absolute Gasteiger partial charge is 0.319 e. The second kappa shape index (κ2) is 12.4. The topological polar surface area (TPSA) is 104 Å². The van der Waals surface area contributed by atoms with Crippen molar-refractivity contribution in [3.05, 3.63) is 60.6 Å². The number of rotatable bonds is 7. The molecule has 0 saturated carbocycles. The number of hydrogen-bond acceptors (Lipinski definition) is 8. The molecular weight excluding hydrogens is 607 g/mol. The minimum Gasteiger partial charge on any atom is -0.508 e. The third-order valence-electron chi connectivity index (χ3n) is 10.4. The van der Waals surface area contributed by atoms with E-state index in [0.29, 0.717) is 52.8 Å². The summed E-state index contributed by atoms with van der Waals surface area (Å²) in [7, 11) is 0. The predicted molar refractivity (Wildman–Crippen MR) is 185 cm³/mol. The highest BCUT2D eigenvalue weighted by Crippen LogP contribution is 2.41. The number of phenols is 1. The molecule has 10 heteroatoms. The Bertz CT molecular complexity index is 1960. The van der Waals surface area contributed by atoms with E-state index in [1.807, 2.05) is 6.07 Å². The first kappa shape index (κ1) is 31.8. The highest BCUT2D eigenvalue weighted by molar-refractivity contribution is 6.02. The van der Waals surface area contributed by atoms with E-state index < -0.39 is 5.82 Å². The molecule has 3 aliphatic rings. The molecule has 4 aromatic rings. The van der Waals surface area contributed by atoms with Crippen molar-refractivity contribution in [2.45, 2.75) is 64.0 Å². The van der Waals surface area contributed by atoms with Crippen LogP contribution < -0.4 is 15.0 Å². The Balaban J connectivity index is 1.37. The van der Waals surface area contributed by atoms with Crippen LogP contribution in [0.5, 0.6) is 11.8 Å². The molecule has 2 N–H and O–H groups in total. The van der Waals surface area contributed by atoms with Gasteiger partial charge in [-0.05, 0) is 86.7 Å². The Morgan fingerprint density at radius 3 is 2.75 bits per heavy atom. The molecule has 0 radical (unpaired) electrons. The van der Waals surface area contributed by atoms with Gasteiger partial charge in [0.2, 0.25) is 5.91 Å². The number of terminal acetylenes is 1. The standard InChI is InChI=1S/C38H41FN6O3/c1-5-24-10-7-11-25-18-27(46)19-28(31(24)25)33-32(39)34-29(21-40-33)35(44-17-14-37(3,4)20-26(22-44)41-30(47)6-2)43-36(42-34)48-23-38-12-8-15-45(38)16-9-13-38/h1,6-7,10-11,18-19,21,26,46H,2,8-9,12-17,20,22-23H2,3-4H3,(H,41,47)/t26-/m0/s1. The average molecular weight is 649 g/mol. The number of carbonyl (C=O) groups is 1. The molecule has 248 valence electrons.